The number of rotatable bonds is 4. The normalized spacial score (nSPS) is 17.5. The quantitative estimate of drug-likeness (QED) is 0.862. The fraction of sp³-hybridized carbons (Fsp3) is 0.467. The number of benzene rings is 1. The van der Waals surface area contributed by atoms with Crippen LogP contribution in [0.25, 0.3) is 11.0 Å². The molecular weight excluding hydrogens is 210 g/mol. The summed E-state index contributed by atoms with van der Waals surface area (Å²) in [5.74, 6) is 1.99. The minimum atomic E-state index is 0.370. The molecule has 90 valence electrons. The molecule has 1 saturated carbocycles. The van der Waals surface area contributed by atoms with E-state index < -0.39 is 0 Å². The smallest absolute Gasteiger partial charge is 0.137 e. The molecule has 0 bridgehead atoms. The van der Waals surface area contributed by atoms with E-state index in [1.165, 1.54) is 30.2 Å². The lowest BCUT2D eigenvalue weighted by atomic mass is 10.1. The Balaban J connectivity index is 1.95. The summed E-state index contributed by atoms with van der Waals surface area (Å²) in [7, 11) is 2.02. The van der Waals surface area contributed by atoms with Gasteiger partial charge in [0, 0.05) is 5.39 Å². The molecule has 0 amide bonds. The molecule has 1 atom stereocenters. The summed E-state index contributed by atoms with van der Waals surface area (Å²) in [6.45, 7) is 2.10. The molecule has 1 aromatic carbocycles. The Bertz CT molecular complexity index is 525. The van der Waals surface area contributed by atoms with Crippen LogP contribution < -0.4 is 5.32 Å². The van der Waals surface area contributed by atoms with Gasteiger partial charge in [-0.2, -0.15) is 0 Å². The van der Waals surface area contributed by atoms with Crippen molar-refractivity contribution in [1.29, 1.82) is 0 Å². The summed E-state index contributed by atoms with van der Waals surface area (Å²) in [5, 5.41) is 4.59. The van der Waals surface area contributed by atoms with Crippen molar-refractivity contribution >= 4 is 11.0 Å². The van der Waals surface area contributed by atoms with Crippen LogP contribution >= 0.6 is 0 Å². The van der Waals surface area contributed by atoms with Crippen LogP contribution in [0.15, 0.2) is 28.7 Å². The number of nitrogens with one attached hydrogen (secondary N) is 1. The molecule has 1 unspecified atom stereocenters. The van der Waals surface area contributed by atoms with Crippen LogP contribution in [0, 0.1) is 12.8 Å². The standard InChI is InChI=1S/C15H19NO/c1-10-4-3-5-12-9-14(17-15(10)12)13(16-2)8-11-6-7-11/h3-5,9,11,13,16H,6-8H2,1-2H3. The zero-order valence-corrected chi connectivity index (χ0v) is 10.5. The predicted molar refractivity (Wildman–Crippen MR) is 70.1 cm³/mol. The van der Waals surface area contributed by atoms with E-state index in [0.29, 0.717) is 6.04 Å². The van der Waals surface area contributed by atoms with Gasteiger partial charge in [-0.15, -0.1) is 0 Å². The van der Waals surface area contributed by atoms with E-state index in [1.807, 2.05) is 7.05 Å². The number of aryl methyl sites for hydroxylation is 1. The molecule has 3 rings (SSSR count). The Labute approximate surface area is 102 Å². The largest absolute Gasteiger partial charge is 0.459 e. The van der Waals surface area contributed by atoms with E-state index in [4.69, 9.17) is 4.42 Å². The maximum atomic E-state index is 6.02. The third-order valence-corrected chi connectivity index (χ3v) is 3.72. The molecular formula is C15H19NO. The van der Waals surface area contributed by atoms with Gasteiger partial charge in [-0.1, -0.05) is 31.0 Å². The van der Waals surface area contributed by atoms with Crippen molar-refractivity contribution in [3.63, 3.8) is 0 Å². The van der Waals surface area contributed by atoms with Gasteiger partial charge >= 0.3 is 0 Å². The Morgan fingerprint density at radius 2 is 2.24 bits per heavy atom. The first-order valence-corrected chi connectivity index (χ1v) is 6.44. The van der Waals surface area contributed by atoms with Gasteiger partial charge in [0.05, 0.1) is 6.04 Å². The lowest BCUT2D eigenvalue weighted by molar-refractivity contribution is 0.417. The Morgan fingerprint density at radius 3 is 2.88 bits per heavy atom. The average Bonchev–Trinajstić information content (AvgIpc) is 3.04. The summed E-state index contributed by atoms with van der Waals surface area (Å²) in [4.78, 5) is 0. The lowest BCUT2D eigenvalue weighted by Gasteiger charge is -2.12. The topological polar surface area (TPSA) is 25.2 Å². The molecule has 2 heteroatoms. The SMILES string of the molecule is CNC(CC1CC1)c1cc2cccc(C)c2o1. The average molecular weight is 229 g/mol. The van der Waals surface area contributed by atoms with Gasteiger partial charge in [0.2, 0.25) is 0 Å². The van der Waals surface area contributed by atoms with E-state index in [0.717, 1.165) is 17.3 Å². The summed E-state index contributed by atoms with van der Waals surface area (Å²) < 4.78 is 6.02. The van der Waals surface area contributed by atoms with E-state index in [1.54, 1.807) is 0 Å². The minimum absolute atomic E-state index is 0.370. The van der Waals surface area contributed by atoms with Crippen molar-refractivity contribution < 1.29 is 4.42 Å². The first-order valence-electron chi connectivity index (χ1n) is 6.44. The monoisotopic (exact) mass is 229 g/mol. The van der Waals surface area contributed by atoms with Crippen molar-refractivity contribution in [2.24, 2.45) is 5.92 Å². The molecule has 0 saturated heterocycles. The highest BCUT2D eigenvalue weighted by Gasteiger charge is 2.27. The molecule has 1 aromatic heterocycles. The maximum absolute atomic E-state index is 6.02. The second-order valence-electron chi connectivity index (χ2n) is 5.16. The van der Waals surface area contributed by atoms with Crippen LogP contribution in [0.3, 0.4) is 0 Å². The van der Waals surface area contributed by atoms with Crippen LogP contribution in [-0.4, -0.2) is 7.05 Å². The third kappa shape index (κ3) is 2.09. The van der Waals surface area contributed by atoms with Crippen LogP contribution in [0.4, 0.5) is 0 Å². The van der Waals surface area contributed by atoms with E-state index in [-0.39, 0.29) is 0 Å². The molecule has 0 aliphatic heterocycles. The molecule has 1 aliphatic carbocycles. The molecule has 1 N–H and O–H groups in total. The molecule has 1 heterocycles. The molecule has 17 heavy (non-hydrogen) atoms. The Morgan fingerprint density at radius 1 is 1.41 bits per heavy atom. The number of fused-ring (bicyclic) bond motifs is 1. The van der Waals surface area contributed by atoms with Crippen LogP contribution in [0.1, 0.15) is 36.6 Å². The molecule has 2 aromatic rings. The minimum Gasteiger partial charge on any atom is -0.459 e. The molecule has 1 aliphatic rings. The van der Waals surface area contributed by atoms with Crippen LogP contribution in [0.2, 0.25) is 0 Å². The maximum Gasteiger partial charge on any atom is 0.137 e. The van der Waals surface area contributed by atoms with Crippen LogP contribution in [-0.2, 0) is 0 Å². The number of hydrogen-bond donors (Lipinski definition) is 1. The fourth-order valence-electron chi connectivity index (χ4n) is 2.46. The van der Waals surface area contributed by atoms with Gasteiger partial charge in [-0.05, 0) is 37.9 Å². The summed E-state index contributed by atoms with van der Waals surface area (Å²) in [6.07, 6.45) is 3.98. The first-order chi connectivity index (χ1) is 8.28. The molecule has 0 radical (unpaired) electrons. The highest BCUT2D eigenvalue weighted by Crippen LogP contribution is 2.38. The summed E-state index contributed by atoms with van der Waals surface area (Å²) in [5.41, 5.74) is 2.26. The van der Waals surface area contributed by atoms with Gasteiger partial charge in [-0.3, -0.25) is 0 Å². The van der Waals surface area contributed by atoms with Crippen molar-refractivity contribution in [2.45, 2.75) is 32.2 Å². The summed E-state index contributed by atoms with van der Waals surface area (Å²) in [6, 6.07) is 8.87. The Kier molecular flexibility index (Phi) is 2.67. The molecule has 0 spiro atoms. The second kappa shape index (κ2) is 4.19. The van der Waals surface area contributed by atoms with Crippen molar-refractivity contribution in [3.8, 4) is 0 Å². The van der Waals surface area contributed by atoms with E-state index in [2.05, 4.69) is 36.5 Å². The Hall–Kier alpha value is -1.28. The van der Waals surface area contributed by atoms with E-state index >= 15 is 0 Å². The van der Waals surface area contributed by atoms with Gasteiger partial charge in [0.15, 0.2) is 0 Å². The van der Waals surface area contributed by atoms with Gasteiger partial charge in [-0.25, -0.2) is 0 Å². The first kappa shape index (κ1) is 10.8. The highest BCUT2D eigenvalue weighted by molar-refractivity contribution is 5.80. The van der Waals surface area contributed by atoms with Gasteiger partial charge in [0.1, 0.15) is 11.3 Å². The lowest BCUT2D eigenvalue weighted by Crippen LogP contribution is -2.16. The number of hydrogen-bond acceptors (Lipinski definition) is 2. The third-order valence-electron chi connectivity index (χ3n) is 3.72. The van der Waals surface area contributed by atoms with Gasteiger partial charge in [0.25, 0.3) is 0 Å². The van der Waals surface area contributed by atoms with Crippen molar-refractivity contribution in [2.75, 3.05) is 7.05 Å². The second-order valence-corrected chi connectivity index (χ2v) is 5.16. The molecule has 1 fully saturated rings. The highest BCUT2D eigenvalue weighted by atomic mass is 16.3. The number of furan rings is 1. The van der Waals surface area contributed by atoms with Gasteiger partial charge < -0.3 is 9.73 Å². The van der Waals surface area contributed by atoms with E-state index in [9.17, 15) is 0 Å². The summed E-state index contributed by atoms with van der Waals surface area (Å²) >= 11 is 0. The fourth-order valence-corrected chi connectivity index (χ4v) is 2.46. The number of para-hydroxylation sites is 1. The predicted octanol–water partition coefficient (Wildman–Crippen LogP) is 3.80. The van der Waals surface area contributed by atoms with Crippen LogP contribution in [0.5, 0.6) is 0 Å². The van der Waals surface area contributed by atoms with Crippen molar-refractivity contribution in [1.82, 2.24) is 5.32 Å². The zero-order chi connectivity index (χ0) is 11.8. The van der Waals surface area contributed by atoms with Crippen molar-refractivity contribution in [3.05, 3.63) is 35.6 Å². The zero-order valence-electron chi connectivity index (χ0n) is 10.5. The molecule has 2 nitrogen and oxygen atoms in total.